The molecule has 0 atom stereocenters. The summed E-state index contributed by atoms with van der Waals surface area (Å²) in [5.41, 5.74) is 3.88. The third-order valence-corrected chi connectivity index (χ3v) is 4.59. The third kappa shape index (κ3) is 2.48. The van der Waals surface area contributed by atoms with Gasteiger partial charge in [0.1, 0.15) is 11.3 Å². The van der Waals surface area contributed by atoms with E-state index in [2.05, 4.69) is 14.9 Å². The van der Waals surface area contributed by atoms with Gasteiger partial charge < -0.3 is 19.1 Å². The van der Waals surface area contributed by atoms with Gasteiger partial charge in [-0.15, -0.1) is 0 Å². The number of imidazole rings is 1. The highest BCUT2D eigenvalue weighted by Gasteiger charge is 2.27. The number of carbonyl (C=O) groups excluding carboxylic acids is 1. The van der Waals surface area contributed by atoms with Gasteiger partial charge in [-0.25, -0.2) is 9.97 Å². The first-order chi connectivity index (χ1) is 12.1. The van der Waals surface area contributed by atoms with E-state index in [1.165, 1.54) is 0 Å². The lowest BCUT2D eigenvalue weighted by atomic mass is 10.1. The maximum absolute atomic E-state index is 13.1. The van der Waals surface area contributed by atoms with E-state index in [-0.39, 0.29) is 5.91 Å². The maximum atomic E-state index is 13.1. The van der Waals surface area contributed by atoms with Crippen molar-refractivity contribution in [1.82, 2.24) is 14.5 Å². The molecule has 0 fully saturated rings. The highest BCUT2D eigenvalue weighted by Crippen LogP contribution is 2.36. The Hall–Kier alpha value is -3.09. The van der Waals surface area contributed by atoms with Crippen LogP contribution in [0.1, 0.15) is 10.4 Å². The molecule has 128 valence electrons. The smallest absolute Gasteiger partial charge is 0.260 e. The molecule has 3 aromatic rings. The largest absolute Gasteiger partial charge is 0.497 e. The summed E-state index contributed by atoms with van der Waals surface area (Å²) in [6.07, 6.45) is 3.32. The quantitative estimate of drug-likeness (QED) is 0.716. The molecule has 1 amide bonds. The Morgan fingerprint density at radius 1 is 1.12 bits per heavy atom. The van der Waals surface area contributed by atoms with Gasteiger partial charge in [-0.05, 0) is 18.2 Å². The zero-order chi connectivity index (χ0) is 17.6. The average Bonchev–Trinajstić information content (AvgIpc) is 3.02. The minimum atomic E-state index is -0.0698. The standard InChI is InChI=1S/C18H19N5O2/c1-21-6-7-23(15-5-4-13(25-3)9-16(15)21)18(24)12-8-14-17(19-10-12)22(2)11-20-14/h4-5,8-11H,6-7H2,1-3H3. The lowest BCUT2D eigenvalue weighted by Crippen LogP contribution is -2.42. The van der Waals surface area contributed by atoms with Crippen molar-refractivity contribution in [2.24, 2.45) is 7.05 Å². The number of fused-ring (bicyclic) bond motifs is 2. The van der Waals surface area contributed by atoms with Crippen LogP contribution in [0, 0.1) is 0 Å². The summed E-state index contributed by atoms with van der Waals surface area (Å²) in [7, 11) is 5.54. The highest BCUT2D eigenvalue weighted by atomic mass is 16.5. The fraction of sp³-hybridized carbons (Fsp3) is 0.278. The molecule has 0 saturated heterocycles. The summed E-state index contributed by atoms with van der Waals surface area (Å²) in [5, 5.41) is 0. The van der Waals surface area contributed by atoms with E-state index in [4.69, 9.17) is 4.74 Å². The Labute approximate surface area is 145 Å². The van der Waals surface area contributed by atoms with Gasteiger partial charge in [0, 0.05) is 39.4 Å². The summed E-state index contributed by atoms with van der Waals surface area (Å²) in [6.45, 7) is 1.38. The number of carbonyl (C=O) groups is 1. The predicted octanol–water partition coefficient (Wildman–Crippen LogP) is 2.07. The minimum absolute atomic E-state index is 0.0698. The number of aryl methyl sites for hydroxylation is 1. The minimum Gasteiger partial charge on any atom is -0.497 e. The summed E-state index contributed by atoms with van der Waals surface area (Å²) < 4.78 is 7.14. The maximum Gasteiger partial charge on any atom is 0.260 e. The number of anilines is 2. The molecule has 1 aliphatic heterocycles. The van der Waals surface area contributed by atoms with E-state index < -0.39 is 0 Å². The summed E-state index contributed by atoms with van der Waals surface area (Å²) >= 11 is 0. The van der Waals surface area contributed by atoms with Gasteiger partial charge in [0.2, 0.25) is 0 Å². The summed E-state index contributed by atoms with van der Waals surface area (Å²) in [6, 6.07) is 7.55. The molecular weight excluding hydrogens is 318 g/mol. The van der Waals surface area contributed by atoms with Crippen LogP contribution in [0.5, 0.6) is 5.75 Å². The van der Waals surface area contributed by atoms with Crippen LogP contribution >= 0.6 is 0 Å². The molecule has 4 rings (SSSR count). The van der Waals surface area contributed by atoms with Gasteiger partial charge in [-0.1, -0.05) is 0 Å². The third-order valence-electron chi connectivity index (χ3n) is 4.59. The summed E-state index contributed by atoms with van der Waals surface area (Å²) in [4.78, 5) is 25.7. The molecule has 0 bridgehead atoms. The first kappa shape index (κ1) is 15.4. The van der Waals surface area contributed by atoms with E-state index >= 15 is 0 Å². The van der Waals surface area contributed by atoms with Gasteiger partial charge in [0.15, 0.2) is 5.65 Å². The predicted molar refractivity (Wildman–Crippen MR) is 96.4 cm³/mol. The van der Waals surface area contributed by atoms with Crippen LogP contribution in [0.15, 0.2) is 36.8 Å². The SMILES string of the molecule is COc1ccc2c(c1)N(C)CCN2C(=O)c1cnc2c(c1)ncn2C. The fourth-order valence-electron chi connectivity index (χ4n) is 3.16. The Morgan fingerprint density at radius 3 is 2.76 bits per heavy atom. The second kappa shape index (κ2) is 5.77. The van der Waals surface area contributed by atoms with Gasteiger partial charge >= 0.3 is 0 Å². The van der Waals surface area contributed by atoms with E-state index in [0.29, 0.717) is 12.1 Å². The Balaban J connectivity index is 1.73. The number of hydrogen-bond donors (Lipinski definition) is 0. The number of amides is 1. The number of ether oxygens (including phenoxy) is 1. The van der Waals surface area contributed by atoms with Crippen molar-refractivity contribution >= 4 is 28.4 Å². The summed E-state index contributed by atoms with van der Waals surface area (Å²) in [5.74, 6) is 0.705. The van der Waals surface area contributed by atoms with Gasteiger partial charge in [0.25, 0.3) is 5.91 Å². The molecule has 1 aromatic carbocycles. The number of nitrogens with zero attached hydrogens (tertiary/aromatic N) is 5. The van der Waals surface area contributed by atoms with Crippen molar-refractivity contribution in [1.29, 1.82) is 0 Å². The van der Waals surface area contributed by atoms with Crippen molar-refractivity contribution in [2.45, 2.75) is 0 Å². The molecule has 0 unspecified atom stereocenters. The Kier molecular flexibility index (Phi) is 3.56. The number of pyridine rings is 1. The zero-order valence-electron chi connectivity index (χ0n) is 14.4. The van der Waals surface area contributed by atoms with E-state index in [9.17, 15) is 4.79 Å². The lowest BCUT2D eigenvalue weighted by molar-refractivity contribution is 0.0986. The van der Waals surface area contributed by atoms with E-state index in [0.717, 1.165) is 34.8 Å². The van der Waals surface area contributed by atoms with Crippen molar-refractivity contribution in [3.63, 3.8) is 0 Å². The Morgan fingerprint density at radius 2 is 1.96 bits per heavy atom. The molecule has 0 saturated carbocycles. The first-order valence-electron chi connectivity index (χ1n) is 8.06. The van der Waals surface area contributed by atoms with Crippen LogP contribution in [0.2, 0.25) is 0 Å². The molecule has 0 spiro atoms. The molecule has 3 heterocycles. The second-order valence-corrected chi connectivity index (χ2v) is 6.16. The molecule has 25 heavy (non-hydrogen) atoms. The number of likely N-dealkylation sites (N-methyl/N-ethyl adjacent to an activating group) is 1. The van der Waals surface area contributed by atoms with Gasteiger partial charge in [-0.2, -0.15) is 0 Å². The average molecular weight is 337 g/mol. The monoisotopic (exact) mass is 337 g/mol. The second-order valence-electron chi connectivity index (χ2n) is 6.16. The highest BCUT2D eigenvalue weighted by molar-refractivity contribution is 6.09. The number of benzene rings is 1. The van der Waals surface area contributed by atoms with Crippen LogP contribution in [-0.4, -0.2) is 47.7 Å². The van der Waals surface area contributed by atoms with Crippen LogP contribution < -0.4 is 14.5 Å². The zero-order valence-corrected chi connectivity index (χ0v) is 14.4. The molecule has 0 aliphatic carbocycles. The first-order valence-corrected chi connectivity index (χ1v) is 8.06. The van der Waals surface area contributed by atoms with Crippen LogP contribution in [0.3, 0.4) is 0 Å². The number of aromatic nitrogens is 3. The molecule has 7 heteroatoms. The molecule has 7 nitrogen and oxygen atoms in total. The van der Waals surface area contributed by atoms with Crippen LogP contribution in [0.4, 0.5) is 11.4 Å². The van der Waals surface area contributed by atoms with Crippen molar-refractivity contribution < 1.29 is 9.53 Å². The topological polar surface area (TPSA) is 63.5 Å². The van der Waals surface area contributed by atoms with E-state index in [1.807, 2.05) is 36.9 Å². The number of rotatable bonds is 2. The van der Waals surface area contributed by atoms with Crippen LogP contribution in [0.25, 0.3) is 11.2 Å². The van der Waals surface area contributed by atoms with Gasteiger partial charge in [-0.3, -0.25) is 4.79 Å². The van der Waals surface area contributed by atoms with Gasteiger partial charge in [0.05, 0.1) is 30.4 Å². The van der Waals surface area contributed by atoms with Crippen molar-refractivity contribution in [3.05, 3.63) is 42.4 Å². The number of hydrogen-bond acceptors (Lipinski definition) is 5. The Bertz CT molecular complexity index is 965. The van der Waals surface area contributed by atoms with Crippen molar-refractivity contribution in [2.75, 3.05) is 37.0 Å². The number of methoxy groups -OCH3 is 1. The van der Waals surface area contributed by atoms with Crippen LogP contribution in [-0.2, 0) is 7.05 Å². The molecule has 0 N–H and O–H groups in total. The molecule has 0 radical (unpaired) electrons. The molecular formula is C18H19N5O2. The fourth-order valence-corrected chi connectivity index (χ4v) is 3.16. The van der Waals surface area contributed by atoms with E-state index in [1.54, 1.807) is 30.6 Å². The van der Waals surface area contributed by atoms with Crippen molar-refractivity contribution in [3.8, 4) is 5.75 Å². The molecule has 2 aromatic heterocycles. The normalized spacial score (nSPS) is 13.9. The lowest BCUT2D eigenvalue weighted by Gasteiger charge is -2.35. The molecule has 1 aliphatic rings.